The summed E-state index contributed by atoms with van der Waals surface area (Å²) in [7, 11) is -1.52. The molecular formula is C7H15NO3S. The average molecular weight is 193 g/mol. The van der Waals surface area contributed by atoms with Gasteiger partial charge in [-0.15, -0.1) is 0 Å². The third-order valence-corrected chi connectivity index (χ3v) is 4.10. The van der Waals surface area contributed by atoms with Gasteiger partial charge in [0.15, 0.2) is 0 Å². The largest absolute Gasteiger partial charge is 0.384 e. The van der Waals surface area contributed by atoms with Crippen molar-refractivity contribution in [2.45, 2.75) is 19.4 Å². The van der Waals surface area contributed by atoms with E-state index < -0.39 is 10.0 Å². The zero-order chi connectivity index (χ0) is 9.19. The van der Waals surface area contributed by atoms with Crippen LogP contribution in [-0.2, 0) is 14.8 Å². The Morgan fingerprint density at radius 2 is 2.25 bits per heavy atom. The van der Waals surface area contributed by atoms with Gasteiger partial charge in [0.05, 0.1) is 12.4 Å². The summed E-state index contributed by atoms with van der Waals surface area (Å²) in [5, 5.41) is 0. The topological polar surface area (TPSA) is 46.6 Å². The number of ether oxygens (including phenoxy) is 1. The van der Waals surface area contributed by atoms with E-state index in [0.717, 1.165) is 6.42 Å². The molecule has 5 heteroatoms. The van der Waals surface area contributed by atoms with E-state index in [1.54, 1.807) is 0 Å². The Labute approximate surface area is 73.6 Å². The minimum absolute atomic E-state index is 0.105. The van der Waals surface area contributed by atoms with Crippen molar-refractivity contribution in [3.63, 3.8) is 0 Å². The summed E-state index contributed by atoms with van der Waals surface area (Å²) in [6.45, 7) is 2.88. The SMILES string of the molecule is COCCS(=O)(=O)N1CC[C@@H]1C. The van der Waals surface area contributed by atoms with Crippen molar-refractivity contribution < 1.29 is 13.2 Å². The highest BCUT2D eigenvalue weighted by Gasteiger charge is 2.33. The molecule has 0 unspecified atom stereocenters. The Balaban J connectivity index is 2.48. The molecule has 1 rings (SSSR count). The van der Waals surface area contributed by atoms with Gasteiger partial charge in [-0.2, -0.15) is 4.31 Å². The molecular weight excluding hydrogens is 178 g/mol. The molecule has 72 valence electrons. The van der Waals surface area contributed by atoms with E-state index in [2.05, 4.69) is 0 Å². The van der Waals surface area contributed by atoms with Gasteiger partial charge in [0.1, 0.15) is 0 Å². The summed E-state index contributed by atoms with van der Waals surface area (Å²) in [5.41, 5.74) is 0. The van der Waals surface area contributed by atoms with Gasteiger partial charge in [-0.05, 0) is 13.3 Å². The van der Waals surface area contributed by atoms with E-state index >= 15 is 0 Å². The Morgan fingerprint density at radius 3 is 2.58 bits per heavy atom. The fraction of sp³-hybridized carbons (Fsp3) is 1.00. The summed E-state index contributed by atoms with van der Waals surface area (Å²) in [6.07, 6.45) is 0.978. The zero-order valence-corrected chi connectivity index (χ0v) is 8.30. The molecule has 1 heterocycles. The molecule has 0 bridgehead atoms. The second kappa shape index (κ2) is 3.72. The Kier molecular flexibility index (Phi) is 3.09. The summed E-state index contributed by atoms with van der Waals surface area (Å²) in [4.78, 5) is 0. The Hall–Kier alpha value is -0.130. The van der Waals surface area contributed by atoms with Crippen LogP contribution in [0.4, 0.5) is 0 Å². The molecule has 0 aromatic carbocycles. The maximum atomic E-state index is 11.4. The molecule has 0 aromatic rings. The number of hydrogen-bond acceptors (Lipinski definition) is 3. The first kappa shape index (κ1) is 9.95. The average Bonchev–Trinajstić information content (AvgIpc) is 1.97. The van der Waals surface area contributed by atoms with Gasteiger partial charge in [-0.3, -0.25) is 0 Å². The number of rotatable bonds is 4. The van der Waals surface area contributed by atoms with E-state index in [1.807, 2.05) is 6.92 Å². The molecule has 12 heavy (non-hydrogen) atoms. The molecule has 1 saturated heterocycles. The molecule has 0 saturated carbocycles. The standard InChI is InChI=1S/C7H15NO3S/c1-7-3-4-8(7)12(9,10)6-5-11-2/h7H,3-6H2,1-2H3/t7-/m0/s1. The number of hydrogen-bond donors (Lipinski definition) is 0. The van der Waals surface area contributed by atoms with Gasteiger partial charge in [0, 0.05) is 19.7 Å². The first-order chi connectivity index (χ1) is 5.58. The highest BCUT2D eigenvalue weighted by Crippen LogP contribution is 2.20. The van der Waals surface area contributed by atoms with Crippen LogP contribution < -0.4 is 0 Å². The normalized spacial score (nSPS) is 25.3. The van der Waals surface area contributed by atoms with Crippen molar-refractivity contribution in [2.75, 3.05) is 26.0 Å². The maximum absolute atomic E-state index is 11.4. The lowest BCUT2D eigenvalue weighted by Crippen LogP contribution is -2.50. The molecule has 0 aromatic heterocycles. The molecule has 0 aliphatic carbocycles. The van der Waals surface area contributed by atoms with Gasteiger partial charge in [-0.1, -0.05) is 0 Å². The number of nitrogens with zero attached hydrogens (tertiary/aromatic N) is 1. The van der Waals surface area contributed by atoms with Crippen molar-refractivity contribution in [2.24, 2.45) is 0 Å². The number of sulfonamides is 1. The van der Waals surface area contributed by atoms with Crippen LogP contribution >= 0.6 is 0 Å². The van der Waals surface area contributed by atoms with Gasteiger partial charge < -0.3 is 4.74 Å². The van der Waals surface area contributed by atoms with Crippen LogP contribution in [0, 0.1) is 0 Å². The zero-order valence-electron chi connectivity index (χ0n) is 7.49. The van der Waals surface area contributed by atoms with Gasteiger partial charge in [0.2, 0.25) is 10.0 Å². The fourth-order valence-electron chi connectivity index (χ4n) is 1.21. The fourth-order valence-corrected chi connectivity index (χ4v) is 2.86. The van der Waals surface area contributed by atoms with Crippen LogP contribution in [0.5, 0.6) is 0 Å². The Morgan fingerprint density at radius 1 is 1.58 bits per heavy atom. The molecule has 0 N–H and O–H groups in total. The van der Waals surface area contributed by atoms with Crippen molar-refractivity contribution in [1.82, 2.24) is 4.31 Å². The maximum Gasteiger partial charge on any atom is 0.216 e. The van der Waals surface area contributed by atoms with E-state index in [1.165, 1.54) is 11.4 Å². The van der Waals surface area contributed by atoms with E-state index in [4.69, 9.17) is 4.74 Å². The summed E-state index contributed by atoms with van der Waals surface area (Å²) in [6, 6.07) is 0.187. The van der Waals surface area contributed by atoms with Crippen LogP contribution in [0.2, 0.25) is 0 Å². The smallest absolute Gasteiger partial charge is 0.216 e. The van der Waals surface area contributed by atoms with Crippen LogP contribution in [0.3, 0.4) is 0 Å². The van der Waals surface area contributed by atoms with Gasteiger partial charge >= 0.3 is 0 Å². The van der Waals surface area contributed by atoms with Crippen LogP contribution in [0.15, 0.2) is 0 Å². The van der Waals surface area contributed by atoms with Crippen LogP contribution in [-0.4, -0.2) is 44.8 Å². The van der Waals surface area contributed by atoms with Crippen molar-refractivity contribution in [3.05, 3.63) is 0 Å². The predicted octanol–water partition coefficient (Wildman–Crippen LogP) is 0.0568. The molecule has 1 atom stereocenters. The van der Waals surface area contributed by atoms with Gasteiger partial charge in [-0.25, -0.2) is 8.42 Å². The first-order valence-electron chi connectivity index (χ1n) is 4.06. The molecule has 1 fully saturated rings. The molecule has 0 spiro atoms. The molecule has 4 nitrogen and oxygen atoms in total. The van der Waals surface area contributed by atoms with Gasteiger partial charge in [0.25, 0.3) is 0 Å². The summed E-state index contributed by atoms with van der Waals surface area (Å²) in [5.74, 6) is 0.105. The highest BCUT2D eigenvalue weighted by atomic mass is 32.2. The van der Waals surface area contributed by atoms with E-state index in [-0.39, 0.29) is 18.4 Å². The molecule has 1 aliphatic heterocycles. The summed E-state index contributed by atoms with van der Waals surface area (Å²) >= 11 is 0. The van der Waals surface area contributed by atoms with Crippen LogP contribution in [0.25, 0.3) is 0 Å². The molecule has 0 radical (unpaired) electrons. The van der Waals surface area contributed by atoms with Crippen molar-refractivity contribution in [1.29, 1.82) is 0 Å². The molecule has 0 amide bonds. The predicted molar refractivity (Wildman–Crippen MR) is 46.4 cm³/mol. The lowest BCUT2D eigenvalue weighted by molar-refractivity contribution is 0.199. The van der Waals surface area contributed by atoms with E-state index in [9.17, 15) is 8.42 Å². The quantitative estimate of drug-likeness (QED) is 0.634. The van der Waals surface area contributed by atoms with E-state index in [0.29, 0.717) is 6.54 Å². The lowest BCUT2D eigenvalue weighted by atomic mass is 10.1. The van der Waals surface area contributed by atoms with Crippen LogP contribution in [0.1, 0.15) is 13.3 Å². The third-order valence-electron chi connectivity index (χ3n) is 2.16. The lowest BCUT2D eigenvalue weighted by Gasteiger charge is -2.37. The minimum atomic E-state index is -3.03. The second-order valence-corrected chi connectivity index (χ2v) is 5.10. The molecule has 1 aliphatic rings. The summed E-state index contributed by atoms with van der Waals surface area (Å²) < 4.78 is 29.1. The highest BCUT2D eigenvalue weighted by molar-refractivity contribution is 7.89. The van der Waals surface area contributed by atoms with Crippen molar-refractivity contribution in [3.8, 4) is 0 Å². The monoisotopic (exact) mass is 193 g/mol. The Bertz CT molecular complexity index is 237. The third kappa shape index (κ3) is 1.97. The van der Waals surface area contributed by atoms with Crippen molar-refractivity contribution >= 4 is 10.0 Å². The first-order valence-corrected chi connectivity index (χ1v) is 5.67. The second-order valence-electron chi connectivity index (χ2n) is 3.06. The minimum Gasteiger partial charge on any atom is -0.384 e. The number of methoxy groups -OCH3 is 1.